The first kappa shape index (κ1) is 28.7. The zero-order valence-corrected chi connectivity index (χ0v) is 20.0. The van der Waals surface area contributed by atoms with Crippen LogP contribution in [0.2, 0.25) is 0 Å². The van der Waals surface area contributed by atoms with Gasteiger partial charge in [0.2, 0.25) is 5.91 Å². The SMILES string of the molecule is CC(C)(C)OC(=O)N[C@@H](C(=O)NCc1nc(-c2ccncc2)n[nH]1)c1ccccc1.O=C(O)C(F)(F)F. The van der Waals surface area contributed by atoms with Crippen LogP contribution in [0.3, 0.4) is 0 Å². The summed E-state index contributed by atoms with van der Waals surface area (Å²) in [4.78, 5) is 42.3. The van der Waals surface area contributed by atoms with Crippen molar-refractivity contribution in [2.24, 2.45) is 0 Å². The molecule has 1 atom stereocenters. The van der Waals surface area contributed by atoms with Crippen LogP contribution in [0.1, 0.15) is 38.2 Å². The summed E-state index contributed by atoms with van der Waals surface area (Å²) in [7, 11) is 0. The second kappa shape index (κ2) is 12.5. The highest BCUT2D eigenvalue weighted by Crippen LogP contribution is 2.16. The first-order valence-electron chi connectivity index (χ1n) is 10.7. The van der Waals surface area contributed by atoms with Crippen LogP contribution in [-0.2, 0) is 20.9 Å². The molecular weight excluding hydrogens is 497 g/mol. The quantitative estimate of drug-likeness (QED) is 0.383. The number of nitrogens with zero attached hydrogens (tertiary/aromatic N) is 3. The molecule has 0 aliphatic rings. The molecule has 0 fully saturated rings. The molecule has 0 aliphatic heterocycles. The van der Waals surface area contributed by atoms with Crippen LogP contribution in [0.25, 0.3) is 11.4 Å². The van der Waals surface area contributed by atoms with Gasteiger partial charge in [0.1, 0.15) is 17.5 Å². The lowest BCUT2D eigenvalue weighted by molar-refractivity contribution is -0.192. The number of carboxylic acid groups (broad SMARTS) is 1. The molecule has 0 saturated heterocycles. The van der Waals surface area contributed by atoms with Gasteiger partial charge in [-0.2, -0.15) is 18.3 Å². The smallest absolute Gasteiger partial charge is 0.475 e. The number of carbonyl (C=O) groups is 3. The topological polar surface area (TPSA) is 159 Å². The lowest BCUT2D eigenvalue weighted by atomic mass is 10.1. The van der Waals surface area contributed by atoms with E-state index in [2.05, 4.69) is 30.8 Å². The summed E-state index contributed by atoms with van der Waals surface area (Å²) in [6.45, 7) is 5.40. The molecule has 198 valence electrons. The summed E-state index contributed by atoms with van der Waals surface area (Å²) >= 11 is 0. The predicted octanol–water partition coefficient (Wildman–Crippen LogP) is 3.38. The number of aromatic amines is 1. The third-order valence-electron chi connectivity index (χ3n) is 4.20. The summed E-state index contributed by atoms with van der Waals surface area (Å²) < 4.78 is 37.0. The van der Waals surface area contributed by atoms with Crippen molar-refractivity contribution >= 4 is 18.0 Å². The van der Waals surface area contributed by atoms with E-state index in [4.69, 9.17) is 14.6 Å². The fraction of sp³-hybridized carbons (Fsp3) is 0.304. The minimum Gasteiger partial charge on any atom is -0.475 e. The maximum atomic E-state index is 12.8. The van der Waals surface area contributed by atoms with Crippen molar-refractivity contribution in [1.82, 2.24) is 30.8 Å². The second-order valence-corrected chi connectivity index (χ2v) is 8.35. The van der Waals surface area contributed by atoms with Gasteiger partial charge < -0.3 is 20.5 Å². The number of aliphatic carboxylic acids is 1. The molecule has 2 aromatic heterocycles. The second-order valence-electron chi connectivity index (χ2n) is 8.35. The molecule has 14 heteroatoms. The number of hydrogen-bond donors (Lipinski definition) is 4. The zero-order valence-electron chi connectivity index (χ0n) is 20.0. The molecule has 0 aliphatic carbocycles. The van der Waals surface area contributed by atoms with Crippen molar-refractivity contribution in [1.29, 1.82) is 0 Å². The Morgan fingerprint density at radius 3 is 2.19 bits per heavy atom. The number of amides is 2. The molecule has 0 radical (unpaired) electrons. The summed E-state index contributed by atoms with van der Waals surface area (Å²) in [6.07, 6.45) is -2.45. The maximum Gasteiger partial charge on any atom is 0.490 e. The van der Waals surface area contributed by atoms with Gasteiger partial charge in [0.15, 0.2) is 5.82 Å². The van der Waals surface area contributed by atoms with E-state index in [1.807, 2.05) is 6.07 Å². The van der Waals surface area contributed by atoms with Gasteiger partial charge in [-0.15, -0.1) is 0 Å². The van der Waals surface area contributed by atoms with Gasteiger partial charge in [-0.1, -0.05) is 30.3 Å². The van der Waals surface area contributed by atoms with Gasteiger partial charge in [0, 0.05) is 18.0 Å². The summed E-state index contributed by atoms with van der Waals surface area (Å²) in [6, 6.07) is 11.6. The highest BCUT2D eigenvalue weighted by molar-refractivity contribution is 5.86. The number of benzene rings is 1. The van der Waals surface area contributed by atoms with E-state index < -0.39 is 35.8 Å². The average Bonchev–Trinajstić information content (AvgIpc) is 3.30. The van der Waals surface area contributed by atoms with E-state index >= 15 is 0 Å². The summed E-state index contributed by atoms with van der Waals surface area (Å²) in [5.74, 6) is -2.16. The summed E-state index contributed by atoms with van der Waals surface area (Å²) in [5, 5.41) is 19.5. The number of hydrogen-bond acceptors (Lipinski definition) is 7. The predicted molar refractivity (Wildman–Crippen MR) is 124 cm³/mol. The van der Waals surface area contributed by atoms with Crippen molar-refractivity contribution < 1.29 is 37.4 Å². The Bertz CT molecular complexity index is 1180. The molecule has 0 unspecified atom stereocenters. The fourth-order valence-corrected chi connectivity index (χ4v) is 2.65. The Balaban J connectivity index is 0.000000604. The first-order chi connectivity index (χ1) is 17.3. The van der Waals surface area contributed by atoms with E-state index in [1.165, 1.54) is 0 Å². The number of alkyl halides is 3. The van der Waals surface area contributed by atoms with Crippen LogP contribution in [-0.4, -0.2) is 55.0 Å². The molecule has 4 N–H and O–H groups in total. The van der Waals surface area contributed by atoms with Gasteiger partial charge >= 0.3 is 18.2 Å². The fourth-order valence-electron chi connectivity index (χ4n) is 2.65. The number of alkyl carbamates (subject to hydrolysis) is 1. The van der Waals surface area contributed by atoms with Gasteiger partial charge in [0.25, 0.3) is 0 Å². The minimum atomic E-state index is -5.08. The average molecular weight is 522 g/mol. The Morgan fingerprint density at radius 2 is 1.65 bits per heavy atom. The number of rotatable bonds is 6. The maximum absolute atomic E-state index is 12.8. The van der Waals surface area contributed by atoms with Crippen LogP contribution >= 0.6 is 0 Å². The number of H-pyrrole nitrogens is 1. The number of pyridine rings is 1. The van der Waals surface area contributed by atoms with Crippen molar-refractivity contribution in [2.75, 3.05) is 0 Å². The third kappa shape index (κ3) is 9.95. The highest BCUT2D eigenvalue weighted by atomic mass is 19.4. The standard InChI is InChI=1S/C21H24N6O3.C2HF3O2/c1-21(2,3)30-20(29)25-17(14-7-5-4-6-8-14)19(28)23-13-16-24-18(27-26-16)15-9-11-22-12-10-15;3-2(4,5)1(6)7/h4-12,17H,13H2,1-3H3,(H,23,28)(H,25,29)(H,24,26,27);(H,6,7)/t17-;/m1./s1. The lowest BCUT2D eigenvalue weighted by Crippen LogP contribution is -2.42. The number of halogens is 3. The number of carbonyl (C=O) groups excluding carboxylic acids is 2. The number of ether oxygens (including phenoxy) is 1. The van der Waals surface area contributed by atoms with Gasteiger partial charge in [-0.05, 0) is 38.5 Å². The van der Waals surface area contributed by atoms with Crippen molar-refractivity contribution in [3.8, 4) is 11.4 Å². The third-order valence-corrected chi connectivity index (χ3v) is 4.20. The van der Waals surface area contributed by atoms with E-state index in [9.17, 15) is 22.8 Å². The molecule has 2 heterocycles. The first-order valence-corrected chi connectivity index (χ1v) is 10.7. The Hall–Kier alpha value is -4.49. The highest BCUT2D eigenvalue weighted by Gasteiger charge is 2.38. The lowest BCUT2D eigenvalue weighted by Gasteiger charge is -2.23. The molecule has 0 spiro atoms. The van der Waals surface area contributed by atoms with Crippen LogP contribution < -0.4 is 10.6 Å². The van der Waals surface area contributed by atoms with Crippen LogP contribution in [0.15, 0.2) is 54.9 Å². The molecule has 2 amide bonds. The van der Waals surface area contributed by atoms with Gasteiger partial charge in [0.05, 0.1) is 6.54 Å². The summed E-state index contributed by atoms with van der Waals surface area (Å²) in [5.41, 5.74) is 0.772. The van der Waals surface area contributed by atoms with Gasteiger partial charge in [-0.3, -0.25) is 14.9 Å². The minimum absolute atomic E-state index is 0.121. The molecular formula is C23H25F3N6O5. The van der Waals surface area contributed by atoms with E-state index in [1.54, 1.807) is 69.6 Å². The molecule has 0 bridgehead atoms. The largest absolute Gasteiger partial charge is 0.490 e. The van der Waals surface area contributed by atoms with E-state index in [0.717, 1.165) is 5.56 Å². The van der Waals surface area contributed by atoms with Gasteiger partial charge in [-0.25, -0.2) is 14.6 Å². The van der Waals surface area contributed by atoms with Crippen molar-refractivity contribution in [3.63, 3.8) is 0 Å². The number of nitrogens with one attached hydrogen (secondary N) is 3. The monoisotopic (exact) mass is 522 g/mol. The van der Waals surface area contributed by atoms with Crippen LogP contribution in [0.5, 0.6) is 0 Å². The molecule has 1 aromatic carbocycles. The van der Waals surface area contributed by atoms with E-state index in [-0.39, 0.29) is 6.54 Å². The number of carboxylic acids is 1. The normalized spacial score (nSPS) is 11.9. The molecule has 3 rings (SSSR count). The Kier molecular flexibility index (Phi) is 9.68. The van der Waals surface area contributed by atoms with Crippen molar-refractivity contribution in [3.05, 3.63) is 66.2 Å². The van der Waals surface area contributed by atoms with Crippen LogP contribution in [0, 0.1) is 0 Å². The van der Waals surface area contributed by atoms with Crippen molar-refractivity contribution in [2.45, 2.75) is 45.1 Å². The molecule has 11 nitrogen and oxygen atoms in total. The van der Waals surface area contributed by atoms with Crippen LogP contribution in [0.4, 0.5) is 18.0 Å². The van der Waals surface area contributed by atoms with E-state index in [0.29, 0.717) is 17.2 Å². The molecule has 0 saturated carbocycles. The Labute approximate surface area is 209 Å². The molecule has 37 heavy (non-hydrogen) atoms. The zero-order chi connectivity index (χ0) is 27.6. The molecule has 3 aromatic rings. The Morgan fingerprint density at radius 1 is 1.05 bits per heavy atom. The number of aromatic nitrogens is 4.